The Bertz CT molecular complexity index is 711. The Kier molecular flexibility index (Phi) is 3.19. The Labute approximate surface area is 136 Å². The summed E-state index contributed by atoms with van der Waals surface area (Å²) in [6.45, 7) is 2.95. The van der Waals surface area contributed by atoms with Gasteiger partial charge < -0.3 is 14.7 Å². The van der Waals surface area contributed by atoms with Gasteiger partial charge in [0.2, 0.25) is 0 Å². The number of likely N-dealkylation sites (N-methyl/N-ethyl adjacent to an activating group) is 1. The second-order valence-electron chi connectivity index (χ2n) is 7.16. The van der Waals surface area contributed by atoms with Gasteiger partial charge in [0.05, 0.1) is 7.11 Å². The number of carbonyl (C=O) groups is 1. The number of ether oxygens (including phenoxy) is 1. The number of benzene rings is 1. The number of carbonyl (C=O) groups excluding carboxylic acids is 1. The molecule has 0 aromatic heterocycles. The minimum absolute atomic E-state index is 0.167. The summed E-state index contributed by atoms with van der Waals surface area (Å²) in [4.78, 5) is 14.7. The van der Waals surface area contributed by atoms with E-state index in [1.54, 1.807) is 13.2 Å². The van der Waals surface area contributed by atoms with Crippen molar-refractivity contribution in [3.05, 3.63) is 41.0 Å². The minimum Gasteiger partial charge on any atom is -0.496 e. The highest BCUT2D eigenvalue weighted by Gasteiger charge is 2.58. The van der Waals surface area contributed by atoms with Crippen LogP contribution < -0.4 is 4.74 Å². The monoisotopic (exact) mass is 313 g/mol. The van der Waals surface area contributed by atoms with Crippen LogP contribution in [0, 0.1) is 12.8 Å². The number of ketones is 1. The number of aliphatic hydroxyl groups excluding tert-OH is 1. The van der Waals surface area contributed by atoms with Gasteiger partial charge in [-0.2, -0.15) is 0 Å². The van der Waals surface area contributed by atoms with Gasteiger partial charge in [0.1, 0.15) is 11.9 Å². The predicted octanol–water partition coefficient (Wildman–Crippen LogP) is 1.62. The van der Waals surface area contributed by atoms with E-state index in [9.17, 15) is 9.90 Å². The number of hydrogen-bond donors (Lipinski definition) is 1. The fourth-order valence-electron chi connectivity index (χ4n) is 5.20. The van der Waals surface area contributed by atoms with Gasteiger partial charge >= 0.3 is 0 Å². The molecule has 1 aliphatic heterocycles. The Morgan fingerprint density at radius 1 is 1.39 bits per heavy atom. The van der Waals surface area contributed by atoms with Gasteiger partial charge in [-0.05, 0) is 62.2 Å². The van der Waals surface area contributed by atoms with E-state index in [2.05, 4.69) is 24.9 Å². The molecule has 0 radical (unpaired) electrons. The molecule has 122 valence electrons. The second-order valence-corrected chi connectivity index (χ2v) is 7.16. The van der Waals surface area contributed by atoms with E-state index in [0.29, 0.717) is 6.04 Å². The molecule has 0 saturated carbocycles. The quantitative estimate of drug-likeness (QED) is 0.856. The molecular formula is C19H23NO3. The van der Waals surface area contributed by atoms with Crippen molar-refractivity contribution in [3.8, 4) is 5.75 Å². The fraction of sp³-hybridized carbons (Fsp3) is 0.526. The molecule has 4 rings (SSSR count). The van der Waals surface area contributed by atoms with Gasteiger partial charge in [-0.15, -0.1) is 0 Å². The highest BCUT2D eigenvalue weighted by atomic mass is 16.5. The topological polar surface area (TPSA) is 49.8 Å². The highest BCUT2D eigenvalue weighted by molar-refractivity contribution is 5.96. The third-order valence-corrected chi connectivity index (χ3v) is 6.29. The van der Waals surface area contributed by atoms with Crippen LogP contribution in [-0.4, -0.2) is 48.6 Å². The smallest absolute Gasteiger partial charge is 0.184 e. The van der Waals surface area contributed by atoms with Crippen molar-refractivity contribution in [1.29, 1.82) is 0 Å². The van der Waals surface area contributed by atoms with E-state index in [0.717, 1.165) is 36.3 Å². The lowest BCUT2D eigenvalue weighted by molar-refractivity contribution is -0.132. The molecule has 1 aromatic rings. The van der Waals surface area contributed by atoms with Crippen molar-refractivity contribution in [1.82, 2.24) is 4.90 Å². The highest BCUT2D eigenvalue weighted by Crippen LogP contribution is 2.54. The summed E-state index contributed by atoms with van der Waals surface area (Å²) in [6, 6.07) is 4.46. The number of fused-ring (bicyclic) bond motifs is 1. The molecular weight excluding hydrogens is 290 g/mol. The van der Waals surface area contributed by atoms with Gasteiger partial charge in [0.25, 0.3) is 0 Å². The van der Waals surface area contributed by atoms with Crippen LogP contribution in [0.3, 0.4) is 0 Å². The number of nitrogens with zero attached hydrogens (tertiary/aromatic N) is 1. The Balaban J connectivity index is 2.03. The van der Waals surface area contributed by atoms with E-state index >= 15 is 0 Å². The zero-order chi connectivity index (χ0) is 16.4. The zero-order valence-corrected chi connectivity index (χ0v) is 13.9. The first kappa shape index (κ1) is 14.9. The number of hydrogen-bond acceptors (Lipinski definition) is 4. The molecule has 4 atom stereocenters. The van der Waals surface area contributed by atoms with Crippen molar-refractivity contribution >= 4 is 5.78 Å². The molecule has 23 heavy (non-hydrogen) atoms. The molecule has 0 spiro atoms. The maximum absolute atomic E-state index is 12.3. The van der Waals surface area contributed by atoms with Gasteiger partial charge in [-0.1, -0.05) is 12.1 Å². The third kappa shape index (κ3) is 1.76. The van der Waals surface area contributed by atoms with E-state index in [-0.39, 0.29) is 11.7 Å². The summed E-state index contributed by atoms with van der Waals surface area (Å²) in [5.74, 6) is 0.843. The van der Waals surface area contributed by atoms with Crippen molar-refractivity contribution in [2.24, 2.45) is 5.92 Å². The average Bonchev–Trinajstić information content (AvgIpc) is 2.54. The molecule has 2 aliphatic carbocycles. The SMILES string of the molecule is COc1ccc2c(c1C)[C@]13CCN(C)[C@H](C2)C1C=CC(=O)[C@@H]3O. The third-order valence-electron chi connectivity index (χ3n) is 6.29. The summed E-state index contributed by atoms with van der Waals surface area (Å²) in [7, 11) is 3.82. The molecule has 1 N–H and O–H groups in total. The largest absolute Gasteiger partial charge is 0.496 e. The van der Waals surface area contributed by atoms with Crippen LogP contribution in [0.1, 0.15) is 23.1 Å². The molecule has 1 fully saturated rings. The van der Waals surface area contributed by atoms with Gasteiger partial charge in [-0.3, -0.25) is 4.79 Å². The van der Waals surface area contributed by atoms with Crippen molar-refractivity contribution < 1.29 is 14.6 Å². The van der Waals surface area contributed by atoms with Crippen LogP contribution >= 0.6 is 0 Å². The van der Waals surface area contributed by atoms with Crippen molar-refractivity contribution in [2.45, 2.75) is 37.3 Å². The first-order chi connectivity index (χ1) is 11.0. The van der Waals surface area contributed by atoms with Crippen molar-refractivity contribution in [3.63, 3.8) is 0 Å². The van der Waals surface area contributed by atoms with E-state index < -0.39 is 11.5 Å². The number of methoxy groups -OCH3 is 1. The van der Waals surface area contributed by atoms with E-state index in [4.69, 9.17) is 4.74 Å². The Morgan fingerprint density at radius 3 is 2.91 bits per heavy atom. The Morgan fingerprint density at radius 2 is 2.17 bits per heavy atom. The van der Waals surface area contributed by atoms with Crippen LogP contribution in [0.15, 0.2) is 24.3 Å². The molecule has 1 aromatic carbocycles. The summed E-state index contributed by atoms with van der Waals surface area (Å²) < 4.78 is 5.51. The molecule has 0 amide bonds. The lowest BCUT2D eigenvalue weighted by Crippen LogP contribution is -2.65. The molecule has 1 unspecified atom stereocenters. The summed E-state index contributed by atoms with van der Waals surface area (Å²) >= 11 is 0. The number of rotatable bonds is 1. The summed E-state index contributed by atoms with van der Waals surface area (Å²) in [5.41, 5.74) is 2.96. The zero-order valence-electron chi connectivity index (χ0n) is 13.9. The van der Waals surface area contributed by atoms with Crippen LogP contribution in [0.4, 0.5) is 0 Å². The average molecular weight is 313 g/mol. The number of likely N-dealkylation sites (tertiary alicyclic amines) is 1. The summed E-state index contributed by atoms with van der Waals surface area (Å²) in [6.07, 6.45) is 4.41. The van der Waals surface area contributed by atoms with Gasteiger partial charge in [0.15, 0.2) is 5.78 Å². The standard InChI is InChI=1S/C19H23NO3/c1-11-16(23-3)7-4-12-10-14-13-5-6-15(21)18(22)19(13,17(11)12)8-9-20(14)2/h4-7,13-14,18,22H,8-10H2,1-3H3/t13?,14-,18+,19+/m1/s1. The van der Waals surface area contributed by atoms with Crippen LogP contribution in [0.5, 0.6) is 5.75 Å². The predicted molar refractivity (Wildman–Crippen MR) is 87.8 cm³/mol. The molecule has 1 heterocycles. The van der Waals surface area contributed by atoms with Gasteiger partial charge in [0, 0.05) is 17.4 Å². The first-order valence-electron chi connectivity index (χ1n) is 8.28. The van der Waals surface area contributed by atoms with Crippen molar-refractivity contribution in [2.75, 3.05) is 20.7 Å². The maximum Gasteiger partial charge on any atom is 0.184 e. The number of piperidine rings is 1. The molecule has 4 heteroatoms. The first-order valence-corrected chi connectivity index (χ1v) is 8.28. The molecule has 4 nitrogen and oxygen atoms in total. The second kappa shape index (κ2) is 4.92. The fourth-order valence-corrected chi connectivity index (χ4v) is 5.20. The van der Waals surface area contributed by atoms with Crippen LogP contribution in [0.25, 0.3) is 0 Å². The lowest BCUT2D eigenvalue weighted by atomic mass is 9.52. The van der Waals surface area contributed by atoms with Crippen LogP contribution in [0.2, 0.25) is 0 Å². The lowest BCUT2D eigenvalue weighted by Gasteiger charge is -2.58. The Hall–Kier alpha value is -1.65. The van der Waals surface area contributed by atoms with E-state index in [1.807, 2.05) is 12.1 Å². The normalized spacial score (nSPS) is 35.7. The number of aliphatic hydroxyl groups is 1. The molecule has 3 aliphatic rings. The van der Waals surface area contributed by atoms with Crippen LogP contribution in [-0.2, 0) is 16.6 Å². The van der Waals surface area contributed by atoms with Gasteiger partial charge in [-0.25, -0.2) is 0 Å². The van der Waals surface area contributed by atoms with E-state index in [1.165, 1.54) is 5.56 Å². The molecule has 1 saturated heterocycles. The maximum atomic E-state index is 12.3. The summed E-state index contributed by atoms with van der Waals surface area (Å²) in [5, 5.41) is 10.9. The minimum atomic E-state index is -0.960. The molecule has 2 bridgehead atoms.